The van der Waals surface area contributed by atoms with E-state index in [9.17, 15) is 0 Å². The SMILES string of the molecule is CCCC(CNCC)OC1CCCC(CC)C1. The highest BCUT2D eigenvalue weighted by atomic mass is 16.5. The highest BCUT2D eigenvalue weighted by Gasteiger charge is 2.23. The van der Waals surface area contributed by atoms with E-state index in [2.05, 4.69) is 26.1 Å². The summed E-state index contributed by atoms with van der Waals surface area (Å²) >= 11 is 0. The van der Waals surface area contributed by atoms with Gasteiger partial charge in [-0.25, -0.2) is 0 Å². The van der Waals surface area contributed by atoms with Crippen LogP contribution in [0.25, 0.3) is 0 Å². The fourth-order valence-electron chi connectivity index (χ4n) is 2.85. The molecule has 1 saturated carbocycles. The lowest BCUT2D eigenvalue weighted by Crippen LogP contribution is -2.34. The Balaban J connectivity index is 2.31. The maximum absolute atomic E-state index is 6.30. The van der Waals surface area contributed by atoms with Crippen molar-refractivity contribution in [3.05, 3.63) is 0 Å². The molecule has 1 aliphatic carbocycles. The van der Waals surface area contributed by atoms with Crippen LogP contribution < -0.4 is 5.32 Å². The van der Waals surface area contributed by atoms with E-state index in [1.165, 1.54) is 44.9 Å². The Labute approximate surface area is 108 Å². The maximum atomic E-state index is 6.30. The number of ether oxygens (including phenoxy) is 1. The first-order chi connectivity index (χ1) is 8.30. The third kappa shape index (κ3) is 5.87. The minimum atomic E-state index is 0.431. The molecule has 2 heteroatoms. The zero-order valence-corrected chi connectivity index (χ0v) is 12.0. The minimum Gasteiger partial charge on any atom is -0.374 e. The molecule has 0 aromatic heterocycles. The second-order valence-corrected chi connectivity index (χ2v) is 5.42. The van der Waals surface area contributed by atoms with Gasteiger partial charge in [0.15, 0.2) is 0 Å². The molecule has 0 radical (unpaired) electrons. The second-order valence-electron chi connectivity index (χ2n) is 5.42. The van der Waals surface area contributed by atoms with Crippen LogP contribution in [0.5, 0.6) is 0 Å². The van der Waals surface area contributed by atoms with Crippen LogP contribution in [0.15, 0.2) is 0 Å². The lowest BCUT2D eigenvalue weighted by molar-refractivity contribution is -0.0429. The van der Waals surface area contributed by atoms with Crippen molar-refractivity contribution in [1.29, 1.82) is 0 Å². The van der Waals surface area contributed by atoms with Gasteiger partial charge in [0.25, 0.3) is 0 Å². The van der Waals surface area contributed by atoms with Gasteiger partial charge in [-0.15, -0.1) is 0 Å². The van der Waals surface area contributed by atoms with Crippen LogP contribution >= 0.6 is 0 Å². The maximum Gasteiger partial charge on any atom is 0.0703 e. The second kappa shape index (κ2) is 8.93. The van der Waals surface area contributed by atoms with E-state index in [0.717, 1.165) is 19.0 Å². The fourth-order valence-corrected chi connectivity index (χ4v) is 2.85. The van der Waals surface area contributed by atoms with Gasteiger partial charge in [0.1, 0.15) is 0 Å². The van der Waals surface area contributed by atoms with Crippen molar-refractivity contribution in [3.63, 3.8) is 0 Å². The highest BCUT2D eigenvalue weighted by Crippen LogP contribution is 2.29. The molecule has 102 valence electrons. The van der Waals surface area contributed by atoms with E-state index in [4.69, 9.17) is 4.74 Å². The number of rotatable bonds is 8. The van der Waals surface area contributed by atoms with Crippen molar-refractivity contribution in [3.8, 4) is 0 Å². The number of likely N-dealkylation sites (N-methyl/N-ethyl adjacent to an activating group) is 1. The molecule has 0 saturated heterocycles. The minimum absolute atomic E-state index is 0.431. The Morgan fingerprint density at radius 2 is 2.06 bits per heavy atom. The van der Waals surface area contributed by atoms with Crippen LogP contribution in [0.4, 0.5) is 0 Å². The van der Waals surface area contributed by atoms with Gasteiger partial charge in [0.2, 0.25) is 0 Å². The van der Waals surface area contributed by atoms with Crippen LogP contribution in [0, 0.1) is 5.92 Å². The molecule has 17 heavy (non-hydrogen) atoms. The summed E-state index contributed by atoms with van der Waals surface area (Å²) in [5.41, 5.74) is 0. The van der Waals surface area contributed by atoms with Crippen molar-refractivity contribution in [2.45, 2.75) is 77.9 Å². The first-order valence-corrected chi connectivity index (χ1v) is 7.66. The van der Waals surface area contributed by atoms with Gasteiger partial charge in [-0.3, -0.25) is 0 Å². The molecular weight excluding hydrogens is 210 g/mol. The summed E-state index contributed by atoms with van der Waals surface area (Å²) in [5.74, 6) is 0.912. The third-order valence-electron chi connectivity index (χ3n) is 3.93. The van der Waals surface area contributed by atoms with Crippen LogP contribution in [0.3, 0.4) is 0 Å². The topological polar surface area (TPSA) is 21.3 Å². The molecule has 0 heterocycles. The Morgan fingerprint density at radius 3 is 2.71 bits per heavy atom. The third-order valence-corrected chi connectivity index (χ3v) is 3.93. The van der Waals surface area contributed by atoms with Crippen LogP contribution in [-0.4, -0.2) is 25.3 Å². The smallest absolute Gasteiger partial charge is 0.0703 e. The fraction of sp³-hybridized carbons (Fsp3) is 1.00. The summed E-state index contributed by atoms with van der Waals surface area (Å²) in [7, 11) is 0. The molecule has 1 fully saturated rings. The molecule has 1 aliphatic rings. The molecule has 0 aromatic rings. The number of nitrogens with one attached hydrogen (secondary N) is 1. The monoisotopic (exact) mass is 241 g/mol. The first kappa shape index (κ1) is 15.0. The van der Waals surface area contributed by atoms with Crippen molar-refractivity contribution in [1.82, 2.24) is 5.32 Å². The van der Waals surface area contributed by atoms with Gasteiger partial charge in [0, 0.05) is 6.54 Å². The van der Waals surface area contributed by atoms with E-state index in [0.29, 0.717) is 12.2 Å². The standard InChI is InChI=1S/C15H31NO/c1-4-8-15(12-16-6-3)17-14-10-7-9-13(5-2)11-14/h13-16H,4-12H2,1-3H3. The van der Waals surface area contributed by atoms with E-state index in [1.54, 1.807) is 0 Å². The van der Waals surface area contributed by atoms with Crippen LogP contribution in [0.1, 0.15) is 65.7 Å². The largest absolute Gasteiger partial charge is 0.374 e. The molecule has 0 aromatic carbocycles. The molecule has 1 rings (SSSR count). The average molecular weight is 241 g/mol. The van der Waals surface area contributed by atoms with E-state index < -0.39 is 0 Å². The average Bonchev–Trinajstić information content (AvgIpc) is 2.36. The van der Waals surface area contributed by atoms with Crippen molar-refractivity contribution in [2.75, 3.05) is 13.1 Å². The summed E-state index contributed by atoms with van der Waals surface area (Å²) in [6.07, 6.45) is 10.1. The van der Waals surface area contributed by atoms with E-state index in [-0.39, 0.29) is 0 Å². The molecule has 3 atom stereocenters. The first-order valence-electron chi connectivity index (χ1n) is 7.66. The molecule has 3 unspecified atom stereocenters. The van der Waals surface area contributed by atoms with Crippen molar-refractivity contribution in [2.24, 2.45) is 5.92 Å². The molecule has 1 N–H and O–H groups in total. The van der Waals surface area contributed by atoms with Crippen LogP contribution in [0.2, 0.25) is 0 Å². The lowest BCUT2D eigenvalue weighted by Gasteiger charge is -2.31. The Morgan fingerprint density at radius 1 is 1.24 bits per heavy atom. The van der Waals surface area contributed by atoms with Gasteiger partial charge in [-0.05, 0) is 31.7 Å². The van der Waals surface area contributed by atoms with Crippen molar-refractivity contribution >= 4 is 0 Å². The number of hydrogen-bond donors (Lipinski definition) is 1. The Hall–Kier alpha value is -0.0800. The van der Waals surface area contributed by atoms with Gasteiger partial charge in [-0.2, -0.15) is 0 Å². The van der Waals surface area contributed by atoms with Gasteiger partial charge in [0.05, 0.1) is 12.2 Å². The Kier molecular flexibility index (Phi) is 7.87. The van der Waals surface area contributed by atoms with Gasteiger partial charge >= 0.3 is 0 Å². The molecule has 0 bridgehead atoms. The van der Waals surface area contributed by atoms with Gasteiger partial charge in [-0.1, -0.05) is 46.5 Å². The lowest BCUT2D eigenvalue weighted by atomic mass is 9.85. The predicted octanol–water partition coefficient (Wildman–Crippen LogP) is 3.75. The molecular formula is C15H31NO. The van der Waals surface area contributed by atoms with Gasteiger partial charge < -0.3 is 10.1 Å². The van der Waals surface area contributed by atoms with E-state index in [1.807, 2.05) is 0 Å². The van der Waals surface area contributed by atoms with Crippen molar-refractivity contribution < 1.29 is 4.74 Å². The van der Waals surface area contributed by atoms with Crippen LogP contribution in [-0.2, 0) is 4.74 Å². The zero-order valence-electron chi connectivity index (χ0n) is 12.0. The van der Waals surface area contributed by atoms with E-state index >= 15 is 0 Å². The summed E-state index contributed by atoms with van der Waals surface area (Å²) in [6.45, 7) is 8.80. The zero-order chi connectivity index (χ0) is 12.5. The normalized spacial score (nSPS) is 27.0. The summed E-state index contributed by atoms with van der Waals surface area (Å²) in [6, 6.07) is 0. The summed E-state index contributed by atoms with van der Waals surface area (Å²) in [4.78, 5) is 0. The molecule has 0 spiro atoms. The molecule has 2 nitrogen and oxygen atoms in total. The molecule has 0 aliphatic heterocycles. The summed E-state index contributed by atoms with van der Waals surface area (Å²) in [5, 5.41) is 3.42. The number of hydrogen-bond acceptors (Lipinski definition) is 2. The quantitative estimate of drug-likeness (QED) is 0.699. The Bertz CT molecular complexity index is 182. The molecule has 0 amide bonds. The predicted molar refractivity (Wildman–Crippen MR) is 74.4 cm³/mol. The highest BCUT2D eigenvalue weighted by molar-refractivity contribution is 4.74. The summed E-state index contributed by atoms with van der Waals surface area (Å²) < 4.78 is 6.30.